The zero-order valence-corrected chi connectivity index (χ0v) is 17.8. The van der Waals surface area contributed by atoms with Crippen LogP contribution in [-0.2, 0) is 11.4 Å². The monoisotopic (exact) mass is 418 g/mol. The summed E-state index contributed by atoms with van der Waals surface area (Å²) in [5.74, 6) is 1.70. The zero-order valence-electron chi connectivity index (χ0n) is 17.8. The Morgan fingerprint density at radius 1 is 1.10 bits per heavy atom. The van der Waals surface area contributed by atoms with Gasteiger partial charge in [-0.1, -0.05) is 40.9 Å². The summed E-state index contributed by atoms with van der Waals surface area (Å²) < 4.78 is 7.97. The van der Waals surface area contributed by atoms with Crippen LogP contribution in [0, 0.1) is 6.92 Å². The summed E-state index contributed by atoms with van der Waals surface area (Å²) in [7, 11) is 3.17. The van der Waals surface area contributed by atoms with E-state index < -0.39 is 6.04 Å². The van der Waals surface area contributed by atoms with Gasteiger partial charge in [-0.25, -0.2) is 14.3 Å². The molecule has 1 atom stereocenters. The maximum atomic E-state index is 12.7. The molecule has 8 heteroatoms. The number of carbonyl (C=O) groups excluding carboxylic acids is 2. The normalized spacial score (nSPS) is 20.3. The predicted molar refractivity (Wildman–Crippen MR) is 117 cm³/mol. The van der Waals surface area contributed by atoms with E-state index in [1.807, 2.05) is 28.8 Å². The van der Waals surface area contributed by atoms with Gasteiger partial charge in [0, 0.05) is 20.2 Å². The summed E-state index contributed by atoms with van der Waals surface area (Å²) in [6, 6.07) is 15.2. The van der Waals surface area contributed by atoms with Gasteiger partial charge < -0.3 is 4.74 Å². The van der Waals surface area contributed by atoms with E-state index in [1.165, 1.54) is 17.5 Å². The van der Waals surface area contributed by atoms with Gasteiger partial charge >= 0.3 is 12.0 Å². The van der Waals surface area contributed by atoms with Crippen LogP contribution in [0.2, 0.25) is 0 Å². The van der Waals surface area contributed by atoms with Crippen LogP contribution in [0.15, 0.2) is 53.5 Å². The number of fused-ring (bicyclic) bond motifs is 2. The maximum absolute atomic E-state index is 12.7. The second kappa shape index (κ2) is 7.23. The first-order valence-corrected chi connectivity index (χ1v) is 10.3. The van der Waals surface area contributed by atoms with Gasteiger partial charge in [-0.15, -0.1) is 0 Å². The van der Waals surface area contributed by atoms with Gasteiger partial charge in [0.2, 0.25) is 11.9 Å². The van der Waals surface area contributed by atoms with Crippen molar-refractivity contribution in [1.82, 2.24) is 9.80 Å². The Morgan fingerprint density at radius 2 is 1.87 bits per heavy atom. The quantitative estimate of drug-likeness (QED) is 0.713. The minimum absolute atomic E-state index is 0.242. The second-order valence-corrected chi connectivity index (χ2v) is 8.03. The molecule has 1 fully saturated rings. The number of guanidine groups is 1. The van der Waals surface area contributed by atoms with Gasteiger partial charge in [0.15, 0.2) is 0 Å². The number of likely N-dealkylation sites (N-methyl/N-ethyl adjacent to an activating group) is 2. The van der Waals surface area contributed by atoms with Gasteiger partial charge in [0.25, 0.3) is 5.91 Å². The van der Waals surface area contributed by atoms with Crippen molar-refractivity contribution in [1.29, 1.82) is 0 Å². The van der Waals surface area contributed by atoms with Crippen LogP contribution >= 0.6 is 0 Å². The first kappa shape index (κ1) is 19.3. The number of aryl methyl sites for hydroxylation is 1. The summed E-state index contributed by atoms with van der Waals surface area (Å²) >= 11 is 0. The van der Waals surface area contributed by atoms with E-state index in [2.05, 4.69) is 41.1 Å². The van der Waals surface area contributed by atoms with E-state index in [-0.39, 0.29) is 11.9 Å². The van der Waals surface area contributed by atoms with E-state index in [0.717, 1.165) is 21.9 Å². The second-order valence-electron chi connectivity index (χ2n) is 8.03. The smallest absolute Gasteiger partial charge is 0.397 e. The lowest BCUT2D eigenvalue weighted by Gasteiger charge is -2.31. The van der Waals surface area contributed by atoms with E-state index in [0.29, 0.717) is 31.5 Å². The number of hydrogen-bond acceptors (Lipinski definition) is 5. The molecule has 158 valence electrons. The van der Waals surface area contributed by atoms with Crippen LogP contribution < -0.4 is 9.64 Å². The number of aliphatic imine (C=N–C) groups is 1. The Bertz CT molecular complexity index is 1140. The fourth-order valence-corrected chi connectivity index (χ4v) is 4.17. The lowest BCUT2D eigenvalue weighted by molar-refractivity contribution is -0.525. The summed E-state index contributed by atoms with van der Waals surface area (Å²) in [6.07, 6.45) is 0. The van der Waals surface area contributed by atoms with Crippen LogP contribution in [0.4, 0.5) is 10.5 Å². The first-order valence-electron chi connectivity index (χ1n) is 10.3. The Hall–Kier alpha value is -3.68. The van der Waals surface area contributed by atoms with Crippen LogP contribution in [0.5, 0.6) is 5.75 Å². The number of benzene rings is 2. The third-order valence-corrected chi connectivity index (χ3v) is 5.97. The van der Waals surface area contributed by atoms with Gasteiger partial charge in [0.05, 0.1) is 6.54 Å². The molecule has 5 rings (SSSR count). The molecule has 3 heterocycles. The molecule has 2 aromatic rings. The van der Waals surface area contributed by atoms with E-state index >= 15 is 0 Å². The molecule has 31 heavy (non-hydrogen) atoms. The van der Waals surface area contributed by atoms with Crippen molar-refractivity contribution in [3.8, 4) is 5.75 Å². The number of carbonyl (C=O) groups is 2. The Morgan fingerprint density at radius 3 is 2.65 bits per heavy atom. The number of anilines is 1. The van der Waals surface area contributed by atoms with Crippen LogP contribution in [0.1, 0.15) is 11.1 Å². The zero-order chi connectivity index (χ0) is 21.7. The molecule has 0 spiro atoms. The Balaban J connectivity index is 1.39. The average molecular weight is 418 g/mol. The summed E-state index contributed by atoms with van der Waals surface area (Å²) in [5, 5.41) is 0. The molecule has 3 amide bonds. The minimum Gasteiger partial charge on any atom is -0.489 e. The van der Waals surface area contributed by atoms with Crippen LogP contribution in [-0.4, -0.2) is 71.3 Å². The molecule has 1 unspecified atom stereocenters. The number of imide groups is 1. The summed E-state index contributed by atoms with van der Waals surface area (Å²) in [4.78, 5) is 34.4. The summed E-state index contributed by atoms with van der Waals surface area (Å²) in [6.45, 7) is 3.92. The van der Waals surface area contributed by atoms with Crippen LogP contribution in [0.25, 0.3) is 0 Å². The fourth-order valence-electron chi connectivity index (χ4n) is 4.17. The summed E-state index contributed by atoms with van der Waals surface area (Å²) in [5.41, 5.74) is 3.27. The third-order valence-electron chi connectivity index (χ3n) is 5.97. The molecule has 0 bridgehead atoms. The number of amidine groups is 1. The molecule has 2 aromatic carbocycles. The van der Waals surface area contributed by atoms with E-state index in [9.17, 15) is 9.59 Å². The van der Waals surface area contributed by atoms with Gasteiger partial charge in [-0.3, -0.25) is 14.6 Å². The molecule has 0 N–H and O–H groups in total. The van der Waals surface area contributed by atoms with Crippen molar-refractivity contribution >= 4 is 29.4 Å². The van der Waals surface area contributed by atoms with Gasteiger partial charge in [-0.05, 0) is 24.6 Å². The molecule has 0 aliphatic carbocycles. The number of hydrogen-bond donors (Lipinski definition) is 0. The van der Waals surface area contributed by atoms with Crippen molar-refractivity contribution in [3.63, 3.8) is 0 Å². The fraction of sp³-hybridized carbons (Fsp3) is 0.304. The maximum Gasteiger partial charge on any atom is 0.397 e. The lowest BCUT2D eigenvalue weighted by atomic mass is 10.1. The number of urea groups is 1. The molecular weight excluding hydrogens is 394 g/mol. The molecule has 0 radical (unpaired) electrons. The number of nitrogens with zero attached hydrogens (tertiary/aromatic N) is 5. The number of rotatable bonds is 4. The molecule has 0 aromatic heterocycles. The molecule has 8 nitrogen and oxygen atoms in total. The van der Waals surface area contributed by atoms with E-state index in [4.69, 9.17) is 4.74 Å². The molecule has 0 saturated carbocycles. The van der Waals surface area contributed by atoms with Crippen molar-refractivity contribution in [2.24, 2.45) is 4.99 Å². The van der Waals surface area contributed by atoms with E-state index in [1.54, 1.807) is 7.05 Å². The average Bonchev–Trinajstić information content (AvgIpc) is 3.35. The Labute approximate surface area is 180 Å². The third kappa shape index (κ3) is 3.15. The Kier molecular flexibility index (Phi) is 4.50. The van der Waals surface area contributed by atoms with Crippen molar-refractivity contribution in [3.05, 3.63) is 59.7 Å². The number of ether oxygens (including phenoxy) is 1. The predicted octanol–water partition coefficient (Wildman–Crippen LogP) is 2.07. The molecule has 3 aliphatic heterocycles. The minimum atomic E-state index is -0.548. The standard InChI is InChI=1S/C23H24N5O3/c1-15-7-9-16(10-8-15)14-31-18-6-4-5-17(13-18)27-11-12-28-19-20(24-22(27)28)25(2)23(30)26(3)21(19)29/h4-10,13,19H,11-12,14H2,1-3H3/q+1. The molecular formula is C23H24N5O3+. The first-order chi connectivity index (χ1) is 14.9. The van der Waals surface area contributed by atoms with Crippen molar-refractivity contribution in [2.75, 3.05) is 32.1 Å². The highest BCUT2D eigenvalue weighted by atomic mass is 16.5. The highest BCUT2D eigenvalue weighted by Crippen LogP contribution is 2.28. The lowest BCUT2D eigenvalue weighted by Crippen LogP contribution is -2.61. The highest BCUT2D eigenvalue weighted by molar-refractivity contribution is 6.24. The molecule has 1 saturated heterocycles. The van der Waals surface area contributed by atoms with Gasteiger partial charge in [0.1, 0.15) is 24.6 Å². The van der Waals surface area contributed by atoms with Crippen molar-refractivity contribution in [2.45, 2.75) is 19.6 Å². The highest BCUT2D eigenvalue weighted by Gasteiger charge is 2.54. The van der Waals surface area contributed by atoms with Crippen LogP contribution in [0.3, 0.4) is 0 Å². The number of amides is 3. The largest absolute Gasteiger partial charge is 0.489 e. The van der Waals surface area contributed by atoms with Gasteiger partial charge in [-0.2, -0.15) is 0 Å². The topological polar surface area (TPSA) is 68.5 Å². The molecule has 3 aliphatic rings. The SMILES string of the molecule is Cc1ccc(COc2cccc(N3CC[N+]4=C3N=C3C4C(=O)N(C)C(=O)N3C)c2)cc1. The van der Waals surface area contributed by atoms with Crippen molar-refractivity contribution < 1.29 is 18.9 Å².